The number of quaternary nitrogens is 1. The lowest BCUT2D eigenvalue weighted by atomic mass is 10.1. The molecule has 1 rings (SSSR count). The third-order valence-electron chi connectivity index (χ3n) is 2.90. The highest BCUT2D eigenvalue weighted by Gasteiger charge is 2.42. The molecule has 1 aliphatic heterocycles. The van der Waals surface area contributed by atoms with Gasteiger partial charge in [-0.2, -0.15) is 0 Å². The average Bonchev–Trinajstić information content (AvgIpc) is 2.63. The van der Waals surface area contributed by atoms with Crippen molar-refractivity contribution in [2.75, 3.05) is 34.3 Å². The molecule has 1 aliphatic rings. The van der Waals surface area contributed by atoms with Crippen molar-refractivity contribution < 1.29 is 44.0 Å². The van der Waals surface area contributed by atoms with Crippen molar-refractivity contribution in [1.82, 2.24) is 0 Å². The van der Waals surface area contributed by atoms with Crippen LogP contribution in [0.4, 0.5) is 0 Å². The van der Waals surface area contributed by atoms with Gasteiger partial charge in [0.25, 0.3) is 0 Å². The number of ether oxygens (including phenoxy) is 2. The molecule has 0 bridgehead atoms. The molecule has 9 nitrogen and oxygen atoms in total. The Morgan fingerprint density at radius 1 is 1.45 bits per heavy atom. The summed E-state index contributed by atoms with van der Waals surface area (Å²) >= 11 is 0. The van der Waals surface area contributed by atoms with Gasteiger partial charge in [0, 0.05) is 12.4 Å². The first-order chi connectivity index (χ1) is 10.0. The summed E-state index contributed by atoms with van der Waals surface area (Å²) < 4.78 is 10.5. The predicted octanol–water partition coefficient (Wildman–Crippen LogP) is -2.73. The van der Waals surface area contributed by atoms with E-state index in [0.717, 1.165) is 0 Å². The molecule has 0 unspecified atom stereocenters. The standard InChI is InChI=1S/C13H21NO8/c1-14(2,3)5-7(4-9(17)18)21-12-10(19)13(20)22-11(12)8(16)6-15/h7-8,11,15-16H,4-6H2,1-3H3,(H-,17,18,19)/t7-,8+,11-/m1/s1. The quantitative estimate of drug-likeness (QED) is 0.324. The van der Waals surface area contributed by atoms with Gasteiger partial charge in [-0.3, -0.25) is 0 Å². The van der Waals surface area contributed by atoms with Gasteiger partial charge in [0.1, 0.15) is 12.6 Å². The molecule has 3 atom stereocenters. The lowest BCUT2D eigenvalue weighted by Gasteiger charge is -2.31. The zero-order chi connectivity index (χ0) is 17.1. The monoisotopic (exact) mass is 319 g/mol. The number of aliphatic hydroxyl groups is 3. The Morgan fingerprint density at radius 2 is 2.05 bits per heavy atom. The number of esters is 1. The smallest absolute Gasteiger partial charge is 0.378 e. The highest BCUT2D eigenvalue weighted by molar-refractivity contribution is 5.89. The van der Waals surface area contributed by atoms with E-state index in [2.05, 4.69) is 0 Å². The van der Waals surface area contributed by atoms with Crippen molar-refractivity contribution >= 4 is 11.9 Å². The van der Waals surface area contributed by atoms with Crippen LogP contribution in [0, 0.1) is 0 Å². The molecule has 0 fully saturated rings. The molecule has 0 saturated heterocycles. The normalized spacial score (nSPS) is 21.5. The van der Waals surface area contributed by atoms with E-state index in [9.17, 15) is 24.9 Å². The second-order valence-corrected chi connectivity index (χ2v) is 6.08. The van der Waals surface area contributed by atoms with Gasteiger partial charge in [0.15, 0.2) is 18.0 Å². The van der Waals surface area contributed by atoms with Crippen LogP contribution < -0.4 is 5.11 Å². The van der Waals surface area contributed by atoms with Crippen LogP contribution in [0.1, 0.15) is 6.42 Å². The fourth-order valence-electron chi connectivity index (χ4n) is 2.05. The Hall–Kier alpha value is -1.84. The first kappa shape index (κ1) is 18.2. The number of nitrogens with zero attached hydrogens (tertiary/aromatic N) is 1. The number of rotatable bonds is 8. The van der Waals surface area contributed by atoms with Crippen molar-refractivity contribution in [2.45, 2.75) is 24.7 Å². The molecule has 126 valence electrons. The number of hydrogen-bond donors (Lipinski definition) is 3. The molecule has 1 heterocycles. The van der Waals surface area contributed by atoms with Crippen LogP contribution in [0.15, 0.2) is 11.5 Å². The van der Waals surface area contributed by atoms with E-state index in [1.54, 1.807) is 21.1 Å². The molecular formula is C13H21NO8. The number of carboxylic acids is 1. The largest absolute Gasteiger partial charge is 0.550 e. The van der Waals surface area contributed by atoms with E-state index < -0.39 is 49.0 Å². The molecule has 3 N–H and O–H groups in total. The molecule has 0 amide bonds. The van der Waals surface area contributed by atoms with Crippen LogP contribution >= 0.6 is 0 Å². The maximum Gasteiger partial charge on any atom is 0.378 e. The number of cyclic esters (lactones) is 1. The maximum atomic E-state index is 11.4. The lowest BCUT2D eigenvalue weighted by molar-refractivity contribution is -0.873. The number of carbonyl (C=O) groups is 2. The number of aliphatic carboxylic acids is 1. The predicted molar refractivity (Wildman–Crippen MR) is 70.0 cm³/mol. The third-order valence-corrected chi connectivity index (χ3v) is 2.90. The number of carboxylic acid groups (broad SMARTS) is 1. The Balaban J connectivity index is 2.97. The minimum absolute atomic E-state index is 0.237. The summed E-state index contributed by atoms with van der Waals surface area (Å²) in [4.78, 5) is 22.2. The Morgan fingerprint density at radius 3 is 2.50 bits per heavy atom. The van der Waals surface area contributed by atoms with Crippen molar-refractivity contribution in [3.8, 4) is 0 Å². The van der Waals surface area contributed by atoms with Crippen LogP contribution in [0.3, 0.4) is 0 Å². The molecule has 0 spiro atoms. The Bertz CT molecular complexity index is 467. The van der Waals surface area contributed by atoms with Crippen molar-refractivity contribution in [3.63, 3.8) is 0 Å². The van der Waals surface area contributed by atoms with Gasteiger partial charge in [-0.1, -0.05) is 0 Å². The van der Waals surface area contributed by atoms with Gasteiger partial charge in [0.05, 0.1) is 27.7 Å². The molecule has 0 radical (unpaired) electrons. The second-order valence-electron chi connectivity index (χ2n) is 6.08. The number of carbonyl (C=O) groups excluding carboxylic acids is 2. The van der Waals surface area contributed by atoms with Crippen LogP contribution in [0.2, 0.25) is 0 Å². The molecule has 22 heavy (non-hydrogen) atoms. The van der Waals surface area contributed by atoms with Crippen LogP contribution in [0.25, 0.3) is 0 Å². The van der Waals surface area contributed by atoms with Crippen molar-refractivity contribution in [2.24, 2.45) is 0 Å². The van der Waals surface area contributed by atoms with Crippen LogP contribution in [-0.2, 0) is 19.1 Å². The van der Waals surface area contributed by atoms with Gasteiger partial charge in [0.2, 0.25) is 5.76 Å². The molecule has 0 aliphatic carbocycles. The fourth-order valence-corrected chi connectivity index (χ4v) is 2.05. The topological polar surface area (TPSA) is 136 Å². The molecule has 9 heteroatoms. The highest BCUT2D eigenvalue weighted by atomic mass is 16.6. The summed E-state index contributed by atoms with van der Waals surface area (Å²) in [5.74, 6) is -3.69. The summed E-state index contributed by atoms with van der Waals surface area (Å²) in [6, 6.07) is 0. The zero-order valence-corrected chi connectivity index (χ0v) is 12.7. The van der Waals surface area contributed by atoms with Gasteiger partial charge < -0.3 is 39.2 Å². The van der Waals surface area contributed by atoms with E-state index in [0.29, 0.717) is 4.48 Å². The Labute approximate surface area is 127 Å². The summed E-state index contributed by atoms with van der Waals surface area (Å²) in [6.45, 7) is -0.487. The van der Waals surface area contributed by atoms with Gasteiger partial charge in [-0.15, -0.1) is 0 Å². The Kier molecular flexibility index (Phi) is 5.75. The average molecular weight is 319 g/mol. The first-order valence-electron chi connectivity index (χ1n) is 6.65. The number of hydrogen-bond acceptors (Lipinski definition) is 8. The number of aliphatic hydroxyl groups excluding tert-OH is 3. The van der Waals surface area contributed by atoms with E-state index in [1.807, 2.05) is 0 Å². The summed E-state index contributed by atoms with van der Waals surface area (Å²) in [7, 11) is 5.41. The van der Waals surface area contributed by atoms with E-state index >= 15 is 0 Å². The maximum absolute atomic E-state index is 11.4. The van der Waals surface area contributed by atoms with Gasteiger partial charge in [-0.25, -0.2) is 4.79 Å². The zero-order valence-electron chi connectivity index (χ0n) is 12.7. The van der Waals surface area contributed by atoms with E-state index in [-0.39, 0.29) is 12.3 Å². The molecule has 0 aromatic carbocycles. The van der Waals surface area contributed by atoms with Gasteiger partial charge >= 0.3 is 5.97 Å². The molecule has 0 saturated carbocycles. The highest BCUT2D eigenvalue weighted by Crippen LogP contribution is 2.27. The van der Waals surface area contributed by atoms with Crippen LogP contribution in [-0.4, -0.2) is 84.3 Å². The van der Waals surface area contributed by atoms with E-state index in [1.165, 1.54) is 0 Å². The number of likely N-dealkylation sites (N-methyl/N-ethyl adjacent to an activating group) is 1. The molecule has 0 aromatic heterocycles. The minimum Gasteiger partial charge on any atom is -0.550 e. The molecular weight excluding hydrogens is 298 g/mol. The SMILES string of the molecule is C[N+](C)(C)C[C@@H](CC(=O)[O-])OC1=C(O)C(=O)O[C@@H]1[C@@H](O)CO. The molecule has 0 aromatic rings. The summed E-state index contributed by atoms with van der Waals surface area (Å²) in [5, 5.41) is 39.0. The van der Waals surface area contributed by atoms with Crippen molar-refractivity contribution in [3.05, 3.63) is 11.5 Å². The van der Waals surface area contributed by atoms with Crippen LogP contribution in [0.5, 0.6) is 0 Å². The van der Waals surface area contributed by atoms with E-state index in [4.69, 9.17) is 14.6 Å². The lowest BCUT2D eigenvalue weighted by Crippen LogP contribution is -2.45. The first-order valence-corrected chi connectivity index (χ1v) is 6.65. The summed E-state index contributed by atoms with van der Waals surface area (Å²) in [6.07, 6.45) is -4.25. The fraction of sp³-hybridized carbons (Fsp3) is 0.692. The van der Waals surface area contributed by atoms with Gasteiger partial charge in [-0.05, 0) is 0 Å². The van der Waals surface area contributed by atoms with Crippen molar-refractivity contribution in [1.29, 1.82) is 0 Å². The minimum atomic E-state index is -1.49. The second kappa shape index (κ2) is 6.95. The summed E-state index contributed by atoms with van der Waals surface area (Å²) in [5.41, 5.74) is 0. The third kappa shape index (κ3) is 4.86.